The number of rotatable bonds is 5. The van der Waals surface area contributed by atoms with Gasteiger partial charge in [-0.15, -0.1) is 0 Å². The topological polar surface area (TPSA) is 32.3 Å². The lowest BCUT2D eigenvalue weighted by Crippen LogP contribution is -2.38. The summed E-state index contributed by atoms with van der Waals surface area (Å²) in [6, 6.07) is 0.417. The van der Waals surface area contributed by atoms with Crippen molar-refractivity contribution in [1.29, 1.82) is 0 Å². The number of carbonyl (C=O) groups is 1. The van der Waals surface area contributed by atoms with Gasteiger partial charge >= 0.3 is 0 Å². The molecule has 0 radical (unpaired) electrons. The third-order valence-corrected chi connectivity index (χ3v) is 3.72. The van der Waals surface area contributed by atoms with Crippen LogP contribution in [0.2, 0.25) is 0 Å². The standard InChI is InChI=1S/C10H20N2OS/c1-4-9-10(13)12(7-11-9)8(3)6-14-5-2/h8-9,11H,4-7H2,1-3H3. The van der Waals surface area contributed by atoms with E-state index in [0.29, 0.717) is 6.04 Å². The first-order chi connectivity index (χ1) is 6.70. The summed E-state index contributed by atoms with van der Waals surface area (Å²) in [6.45, 7) is 7.05. The van der Waals surface area contributed by atoms with Crippen molar-refractivity contribution in [2.24, 2.45) is 0 Å². The van der Waals surface area contributed by atoms with E-state index in [9.17, 15) is 4.79 Å². The molecule has 1 fully saturated rings. The Bertz CT molecular complexity index is 199. The lowest BCUT2D eigenvalue weighted by molar-refractivity contribution is -0.130. The molecule has 3 nitrogen and oxygen atoms in total. The average molecular weight is 216 g/mol. The number of nitrogens with zero attached hydrogens (tertiary/aromatic N) is 1. The molecule has 1 aliphatic heterocycles. The molecule has 1 saturated heterocycles. The largest absolute Gasteiger partial charge is 0.325 e. The predicted octanol–water partition coefficient (Wildman–Crippen LogP) is 1.30. The normalized spacial score (nSPS) is 24.4. The predicted molar refractivity (Wildman–Crippen MR) is 61.4 cm³/mol. The van der Waals surface area contributed by atoms with E-state index in [-0.39, 0.29) is 11.9 Å². The SMILES string of the molecule is CCSCC(C)N1CNC(CC)C1=O. The quantitative estimate of drug-likeness (QED) is 0.752. The molecule has 2 atom stereocenters. The van der Waals surface area contributed by atoms with Crippen LogP contribution in [0, 0.1) is 0 Å². The van der Waals surface area contributed by atoms with Crippen LogP contribution in [0.15, 0.2) is 0 Å². The second kappa shape index (κ2) is 5.61. The molecular formula is C10H20N2OS. The third kappa shape index (κ3) is 2.64. The summed E-state index contributed by atoms with van der Waals surface area (Å²) in [5, 5.41) is 3.23. The number of hydrogen-bond acceptors (Lipinski definition) is 3. The minimum Gasteiger partial charge on any atom is -0.325 e. The van der Waals surface area contributed by atoms with Crippen molar-refractivity contribution in [2.75, 3.05) is 18.2 Å². The Hall–Kier alpha value is -0.220. The molecule has 0 aromatic carbocycles. The Balaban J connectivity index is 2.41. The third-order valence-electron chi connectivity index (χ3n) is 2.59. The summed E-state index contributed by atoms with van der Waals surface area (Å²) in [5.74, 6) is 2.44. The Labute approximate surface area is 90.6 Å². The van der Waals surface area contributed by atoms with Gasteiger partial charge in [0.05, 0.1) is 12.7 Å². The highest BCUT2D eigenvalue weighted by Gasteiger charge is 2.32. The van der Waals surface area contributed by atoms with E-state index in [1.165, 1.54) is 0 Å². The van der Waals surface area contributed by atoms with Gasteiger partial charge in [0, 0.05) is 11.8 Å². The maximum absolute atomic E-state index is 11.8. The van der Waals surface area contributed by atoms with Crippen LogP contribution >= 0.6 is 11.8 Å². The lowest BCUT2D eigenvalue weighted by atomic mass is 10.2. The minimum absolute atomic E-state index is 0.0593. The van der Waals surface area contributed by atoms with E-state index in [4.69, 9.17) is 0 Å². The second-order valence-corrected chi connectivity index (χ2v) is 4.96. The van der Waals surface area contributed by atoms with Crippen LogP contribution in [-0.4, -0.2) is 41.1 Å². The van der Waals surface area contributed by atoms with Crippen LogP contribution < -0.4 is 5.32 Å². The number of amides is 1. The van der Waals surface area contributed by atoms with Crippen LogP contribution in [0.25, 0.3) is 0 Å². The van der Waals surface area contributed by atoms with Gasteiger partial charge in [-0.1, -0.05) is 13.8 Å². The van der Waals surface area contributed by atoms with Crippen LogP contribution in [0.4, 0.5) is 0 Å². The molecule has 1 heterocycles. The molecule has 2 unspecified atom stereocenters. The van der Waals surface area contributed by atoms with Gasteiger partial charge in [-0.3, -0.25) is 10.1 Å². The lowest BCUT2D eigenvalue weighted by Gasteiger charge is -2.23. The van der Waals surface area contributed by atoms with Gasteiger partial charge in [0.1, 0.15) is 0 Å². The zero-order valence-corrected chi connectivity index (χ0v) is 10.1. The summed E-state index contributed by atoms with van der Waals surface area (Å²) < 4.78 is 0. The Kier molecular flexibility index (Phi) is 4.75. The van der Waals surface area contributed by atoms with Crippen molar-refractivity contribution >= 4 is 17.7 Å². The molecule has 4 heteroatoms. The van der Waals surface area contributed by atoms with E-state index < -0.39 is 0 Å². The van der Waals surface area contributed by atoms with E-state index >= 15 is 0 Å². The van der Waals surface area contributed by atoms with Crippen molar-refractivity contribution in [3.05, 3.63) is 0 Å². The number of carbonyl (C=O) groups excluding carboxylic acids is 1. The number of nitrogens with one attached hydrogen (secondary N) is 1. The molecule has 1 rings (SSSR count). The summed E-state index contributed by atoms with van der Waals surface area (Å²) in [7, 11) is 0. The number of thioether (sulfide) groups is 1. The van der Waals surface area contributed by atoms with Gasteiger partial charge in [0.2, 0.25) is 5.91 Å². The molecule has 82 valence electrons. The van der Waals surface area contributed by atoms with Gasteiger partial charge < -0.3 is 4.90 Å². The van der Waals surface area contributed by atoms with Crippen LogP contribution in [0.1, 0.15) is 27.2 Å². The summed E-state index contributed by atoms with van der Waals surface area (Å²) in [6.07, 6.45) is 0.892. The van der Waals surface area contributed by atoms with Crippen molar-refractivity contribution in [2.45, 2.75) is 39.3 Å². The zero-order chi connectivity index (χ0) is 10.6. The molecule has 0 aromatic heterocycles. The molecule has 0 aromatic rings. The summed E-state index contributed by atoms with van der Waals surface area (Å²) >= 11 is 1.89. The molecule has 1 N–H and O–H groups in total. The minimum atomic E-state index is 0.0593. The van der Waals surface area contributed by atoms with E-state index in [1.54, 1.807) is 0 Å². The molecule has 0 spiro atoms. The number of hydrogen-bond donors (Lipinski definition) is 1. The monoisotopic (exact) mass is 216 g/mol. The fraction of sp³-hybridized carbons (Fsp3) is 0.900. The maximum Gasteiger partial charge on any atom is 0.241 e. The average Bonchev–Trinajstić information content (AvgIpc) is 2.56. The van der Waals surface area contributed by atoms with E-state index in [1.807, 2.05) is 23.6 Å². The molecular weight excluding hydrogens is 196 g/mol. The van der Waals surface area contributed by atoms with Gasteiger partial charge in [-0.2, -0.15) is 11.8 Å². The molecule has 1 amide bonds. The van der Waals surface area contributed by atoms with Crippen LogP contribution in [-0.2, 0) is 4.79 Å². The summed E-state index contributed by atoms with van der Waals surface area (Å²) in [5.41, 5.74) is 0. The zero-order valence-electron chi connectivity index (χ0n) is 9.25. The Morgan fingerprint density at radius 3 is 2.86 bits per heavy atom. The van der Waals surface area contributed by atoms with Crippen molar-refractivity contribution < 1.29 is 4.79 Å². The summed E-state index contributed by atoms with van der Waals surface area (Å²) in [4.78, 5) is 13.8. The van der Waals surface area contributed by atoms with Crippen LogP contribution in [0.5, 0.6) is 0 Å². The first-order valence-corrected chi connectivity index (χ1v) is 6.47. The van der Waals surface area contributed by atoms with Gasteiger partial charge in [0.25, 0.3) is 0 Å². The molecule has 0 bridgehead atoms. The Morgan fingerprint density at radius 1 is 1.64 bits per heavy atom. The fourth-order valence-electron chi connectivity index (χ4n) is 1.64. The van der Waals surface area contributed by atoms with Gasteiger partial charge in [-0.05, 0) is 19.1 Å². The van der Waals surface area contributed by atoms with Crippen LogP contribution in [0.3, 0.4) is 0 Å². The Morgan fingerprint density at radius 2 is 2.36 bits per heavy atom. The smallest absolute Gasteiger partial charge is 0.241 e. The maximum atomic E-state index is 11.8. The van der Waals surface area contributed by atoms with Gasteiger partial charge in [0.15, 0.2) is 0 Å². The van der Waals surface area contributed by atoms with E-state index in [2.05, 4.69) is 19.2 Å². The highest BCUT2D eigenvalue weighted by Crippen LogP contribution is 2.14. The molecule has 0 saturated carbocycles. The second-order valence-electron chi connectivity index (χ2n) is 3.64. The highest BCUT2D eigenvalue weighted by atomic mass is 32.2. The molecule has 1 aliphatic rings. The van der Waals surface area contributed by atoms with Gasteiger partial charge in [-0.25, -0.2) is 0 Å². The molecule has 0 aliphatic carbocycles. The van der Waals surface area contributed by atoms with Crippen molar-refractivity contribution in [3.63, 3.8) is 0 Å². The van der Waals surface area contributed by atoms with Crippen molar-refractivity contribution in [1.82, 2.24) is 10.2 Å². The van der Waals surface area contributed by atoms with E-state index in [0.717, 1.165) is 24.6 Å². The fourth-order valence-corrected chi connectivity index (χ4v) is 2.40. The molecule has 14 heavy (non-hydrogen) atoms. The first-order valence-electron chi connectivity index (χ1n) is 5.32. The highest BCUT2D eigenvalue weighted by molar-refractivity contribution is 7.99. The first kappa shape index (κ1) is 11.9. The van der Waals surface area contributed by atoms with Crippen molar-refractivity contribution in [3.8, 4) is 0 Å².